The molecule has 1 amide bonds. The quantitative estimate of drug-likeness (QED) is 0.862. The SMILES string of the molecule is O=C1NCCC(CCCO)(c2ccc(F)cc2)O1. The van der Waals surface area contributed by atoms with E-state index < -0.39 is 11.7 Å². The molecule has 1 saturated heterocycles. The van der Waals surface area contributed by atoms with Crippen LogP contribution in [0.25, 0.3) is 0 Å². The molecule has 18 heavy (non-hydrogen) atoms. The molecule has 0 aliphatic carbocycles. The molecule has 5 heteroatoms. The number of ether oxygens (including phenoxy) is 1. The van der Waals surface area contributed by atoms with Crippen molar-refractivity contribution in [3.63, 3.8) is 0 Å². The number of halogens is 1. The van der Waals surface area contributed by atoms with Crippen LogP contribution < -0.4 is 5.32 Å². The van der Waals surface area contributed by atoms with Crippen molar-refractivity contribution in [1.82, 2.24) is 5.32 Å². The van der Waals surface area contributed by atoms with E-state index in [9.17, 15) is 9.18 Å². The Morgan fingerprint density at radius 2 is 2.11 bits per heavy atom. The maximum Gasteiger partial charge on any atom is 0.408 e. The molecule has 0 aromatic heterocycles. The molecule has 1 unspecified atom stereocenters. The molecule has 1 aromatic rings. The van der Waals surface area contributed by atoms with Gasteiger partial charge in [-0.05, 0) is 30.5 Å². The molecule has 0 saturated carbocycles. The van der Waals surface area contributed by atoms with Crippen LogP contribution in [0.5, 0.6) is 0 Å². The smallest absolute Gasteiger partial charge is 0.408 e. The number of aliphatic hydroxyl groups excluding tert-OH is 1. The Labute approximate surface area is 105 Å². The third kappa shape index (κ3) is 2.61. The fourth-order valence-corrected chi connectivity index (χ4v) is 2.27. The molecule has 1 atom stereocenters. The molecule has 2 rings (SSSR count). The van der Waals surface area contributed by atoms with E-state index in [-0.39, 0.29) is 12.4 Å². The second-order valence-electron chi connectivity index (χ2n) is 4.39. The lowest BCUT2D eigenvalue weighted by atomic mass is 9.85. The van der Waals surface area contributed by atoms with Crippen molar-refractivity contribution in [1.29, 1.82) is 0 Å². The van der Waals surface area contributed by atoms with Crippen molar-refractivity contribution in [2.24, 2.45) is 0 Å². The Kier molecular flexibility index (Phi) is 3.81. The Balaban J connectivity index is 2.28. The topological polar surface area (TPSA) is 58.6 Å². The summed E-state index contributed by atoms with van der Waals surface area (Å²) in [7, 11) is 0. The lowest BCUT2D eigenvalue weighted by Crippen LogP contribution is -2.45. The molecular weight excluding hydrogens is 237 g/mol. The van der Waals surface area contributed by atoms with Crippen LogP contribution in [0.2, 0.25) is 0 Å². The summed E-state index contributed by atoms with van der Waals surface area (Å²) in [6, 6.07) is 5.97. The molecule has 0 spiro atoms. The Morgan fingerprint density at radius 1 is 1.39 bits per heavy atom. The fourth-order valence-electron chi connectivity index (χ4n) is 2.27. The van der Waals surface area contributed by atoms with Crippen LogP contribution in [0.3, 0.4) is 0 Å². The van der Waals surface area contributed by atoms with Crippen LogP contribution in [0.1, 0.15) is 24.8 Å². The highest BCUT2D eigenvalue weighted by Crippen LogP contribution is 2.36. The van der Waals surface area contributed by atoms with E-state index in [0.29, 0.717) is 25.8 Å². The van der Waals surface area contributed by atoms with Gasteiger partial charge >= 0.3 is 6.09 Å². The lowest BCUT2D eigenvalue weighted by molar-refractivity contribution is -0.0274. The number of cyclic esters (lactones) is 1. The summed E-state index contributed by atoms with van der Waals surface area (Å²) in [6.45, 7) is 0.551. The van der Waals surface area contributed by atoms with Crippen LogP contribution in [0.4, 0.5) is 9.18 Å². The Bertz CT molecular complexity index is 421. The highest BCUT2D eigenvalue weighted by Gasteiger charge is 2.38. The lowest BCUT2D eigenvalue weighted by Gasteiger charge is -2.37. The van der Waals surface area contributed by atoms with E-state index >= 15 is 0 Å². The zero-order chi connectivity index (χ0) is 13.0. The van der Waals surface area contributed by atoms with Gasteiger partial charge in [0.1, 0.15) is 11.4 Å². The summed E-state index contributed by atoms with van der Waals surface area (Å²) in [5.74, 6) is -0.323. The predicted molar refractivity (Wildman–Crippen MR) is 63.5 cm³/mol. The van der Waals surface area contributed by atoms with Gasteiger partial charge in [0.2, 0.25) is 0 Å². The number of carbonyl (C=O) groups is 1. The summed E-state index contributed by atoms with van der Waals surface area (Å²) in [4.78, 5) is 11.4. The first-order valence-corrected chi connectivity index (χ1v) is 6.00. The second kappa shape index (κ2) is 5.35. The van der Waals surface area contributed by atoms with Crippen LogP contribution in [0.15, 0.2) is 24.3 Å². The number of alkyl carbamates (subject to hydrolysis) is 1. The minimum Gasteiger partial charge on any atom is -0.438 e. The maximum absolute atomic E-state index is 12.9. The molecule has 1 aliphatic heterocycles. The third-order valence-corrected chi connectivity index (χ3v) is 3.20. The van der Waals surface area contributed by atoms with E-state index in [2.05, 4.69) is 5.32 Å². The molecule has 1 aromatic carbocycles. The van der Waals surface area contributed by atoms with Gasteiger partial charge in [-0.1, -0.05) is 12.1 Å². The summed E-state index contributed by atoms with van der Waals surface area (Å²) in [5, 5.41) is 11.5. The number of nitrogens with one attached hydrogen (secondary N) is 1. The molecule has 1 heterocycles. The van der Waals surface area contributed by atoms with Gasteiger partial charge < -0.3 is 15.2 Å². The molecule has 98 valence electrons. The molecule has 1 aliphatic rings. The van der Waals surface area contributed by atoms with Gasteiger partial charge in [0, 0.05) is 19.6 Å². The monoisotopic (exact) mass is 253 g/mol. The number of carbonyl (C=O) groups excluding carboxylic acids is 1. The maximum atomic E-state index is 12.9. The summed E-state index contributed by atoms with van der Waals surface area (Å²) >= 11 is 0. The fraction of sp³-hybridized carbons (Fsp3) is 0.462. The standard InChI is InChI=1S/C13H16FNO3/c14-11-4-2-10(3-5-11)13(6-1-9-16)7-8-15-12(17)18-13/h2-5,16H,1,6-9H2,(H,15,17). The summed E-state index contributed by atoms with van der Waals surface area (Å²) in [5.41, 5.74) is 0.0193. The highest BCUT2D eigenvalue weighted by atomic mass is 19.1. The second-order valence-corrected chi connectivity index (χ2v) is 4.39. The molecule has 1 fully saturated rings. The molecular formula is C13H16FNO3. The van der Waals surface area contributed by atoms with Crippen LogP contribution in [-0.2, 0) is 10.3 Å². The number of hydrogen-bond donors (Lipinski definition) is 2. The number of benzene rings is 1. The first-order chi connectivity index (χ1) is 8.66. The van der Waals surface area contributed by atoms with Crippen LogP contribution >= 0.6 is 0 Å². The number of amides is 1. The van der Waals surface area contributed by atoms with Crippen molar-refractivity contribution in [3.05, 3.63) is 35.6 Å². The van der Waals surface area contributed by atoms with Gasteiger partial charge in [0.15, 0.2) is 0 Å². The van der Waals surface area contributed by atoms with Crippen molar-refractivity contribution < 1.29 is 19.0 Å². The molecule has 0 radical (unpaired) electrons. The Hall–Kier alpha value is -1.62. The van der Waals surface area contributed by atoms with Gasteiger partial charge in [-0.15, -0.1) is 0 Å². The van der Waals surface area contributed by atoms with Crippen molar-refractivity contribution >= 4 is 6.09 Å². The van der Waals surface area contributed by atoms with E-state index in [1.54, 1.807) is 12.1 Å². The van der Waals surface area contributed by atoms with Gasteiger partial charge in [0.05, 0.1) is 0 Å². The van der Waals surface area contributed by atoms with Crippen molar-refractivity contribution in [2.45, 2.75) is 24.9 Å². The van der Waals surface area contributed by atoms with Gasteiger partial charge in [-0.3, -0.25) is 0 Å². The Morgan fingerprint density at radius 3 is 2.72 bits per heavy atom. The third-order valence-electron chi connectivity index (χ3n) is 3.20. The van der Waals surface area contributed by atoms with Gasteiger partial charge in [-0.25, -0.2) is 9.18 Å². The minimum atomic E-state index is -0.751. The average Bonchev–Trinajstić information content (AvgIpc) is 2.37. The molecule has 0 bridgehead atoms. The van der Waals surface area contributed by atoms with E-state index in [1.165, 1.54) is 12.1 Å². The summed E-state index contributed by atoms with van der Waals surface area (Å²) < 4.78 is 18.4. The minimum absolute atomic E-state index is 0.0356. The number of hydrogen-bond acceptors (Lipinski definition) is 3. The predicted octanol–water partition coefficient (Wildman–Crippen LogP) is 1.92. The van der Waals surface area contributed by atoms with E-state index in [0.717, 1.165) is 5.56 Å². The highest BCUT2D eigenvalue weighted by molar-refractivity contribution is 5.68. The van der Waals surface area contributed by atoms with Gasteiger partial charge in [-0.2, -0.15) is 0 Å². The largest absolute Gasteiger partial charge is 0.438 e. The first-order valence-electron chi connectivity index (χ1n) is 6.00. The summed E-state index contributed by atoms with van der Waals surface area (Å²) in [6.07, 6.45) is 1.21. The normalized spacial score (nSPS) is 23.3. The molecule has 4 nitrogen and oxygen atoms in total. The first kappa shape index (κ1) is 12.8. The van der Waals surface area contributed by atoms with Crippen LogP contribution in [-0.4, -0.2) is 24.4 Å². The number of rotatable bonds is 4. The van der Waals surface area contributed by atoms with E-state index in [4.69, 9.17) is 9.84 Å². The van der Waals surface area contributed by atoms with E-state index in [1.807, 2.05) is 0 Å². The average molecular weight is 253 g/mol. The number of aliphatic hydroxyl groups is 1. The van der Waals surface area contributed by atoms with Crippen molar-refractivity contribution in [3.8, 4) is 0 Å². The van der Waals surface area contributed by atoms with Crippen LogP contribution in [0, 0.1) is 5.82 Å². The van der Waals surface area contributed by atoms with Crippen molar-refractivity contribution in [2.75, 3.05) is 13.2 Å². The molecule has 2 N–H and O–H groups in total. The zero-order valence-electron chi connectivity index (χ0n) is 9.99. The zero-order valence-corrected chi connectivity index (χ0v) is 9.99. The van der Waals surface area contributed by atoms with Gasteiger partial charge in [0.25, 0.3) is 0 Å².